The van der Waals surface area contributed by atoms with Gasteiger partial charge in [-0.1, -0.05) is 15.9 Å². The number of ether oxygens (including phenoxy) is 2. The van der Waals surface area contributed by atoms with Gasteiger partial charge in [-0.25, -0.2) is 0 Å². The van der Waals surface area contributed by atoms with E-state index in [0.717, 1.165) is 10.0 Å². The Morgan fingerprint density at radius 1 is 0.885 bits per heavy atom. The van der Waals surface area contributed by atoms with Gasteiger partial charge >= 0.3 is 11.8 Å². The van der Waals surface area contributed by atoms with Crippen LogP contribution in [0.15, 0.2) is 40.9 Å². The Labute approximate surface area is 161 Å². The maximum Gasteiger partial charge on any atom is 0.314 e. The van der Waals surface area contributed by atoms with Crippen molar-refractivity contribution in [3.8, 4) is 11.5 Å². The molecule has 2 amide bonds. The van der Waals surface area contributed by atoms with Crippen molar-refractivity contribution in [2.45, 2.75) is 20.8 Å². The van der Waals surface area contributed by atoms with Crippen LogP contribution in [0.3, 0.4) is 0 Å². The first-order valence-corrected chi connectivity index (χ1v) is 9.02. The molecule has 2 rings (SSSR count). The predicted molar refractivity (Wildman–Crippen MR) is 105 cm³/mol. The third kappa shape index (κ3) is 5.23. The van der Waals surface area contributed by atoms with Crippen molar-refractivity contribution in [1.82, 2.24) is 0 Å². The summed E-state index contributed by atoms with van der Waals surface area (Å²) >= 11 is 3.39. The van der Waals surface area contributed by atoms with Crippen molar-refractivity contribution in [3.05, 3.63) is 46.4 Å². The highest BCUT2D eigenvalue weighted by Crippen LogP contribution is 2.30. The summed E-state index contributed by atoms with van der Waals surface area (Å²) in [6.07, 6.45) is 0. The van der Waals surface area contributed by atoms with Gasteiger partial charge in [0, 0.05) is 21.9 Å². The second kappa shape index (κ2) is 9.24. The summed E-state index contributed by atoms with van der Waals surface area (Å²) in [7, 11) is 0. The number of hydrogen-bond donors (Lipinski definition) is 2. The normalized spacial score (nSPS) is 10.2. The molecule has 0 aliphatic heterocycles. The van der Waals surface area contributed by atoms with E-state index >= 15 is 0 Å². The second-order valence-corrected chi connectivity index (χ2v) is 6.25. The first-order chi connectivity index (χ1) is 12.4. The Kier molecular flexibility index (Phi) is 7.03. The molecule has 7 heteroatoms. The maximum absolute atomic E-state index is 12.1. The van der Waals surface area contributed by atoms with Crippen molar-refractivity contribution in [2.24, 2.45) is 0 Å². The zero-order chi connectivity index (χ0) is 19.1. The SMILES string of the molecule is CCOc1ccc(NC(=O)C(=O)Nc2ccc(Br)c(C)c2)cc1OCC. The Hall–Kier alpha value is -2.54. The fraction of sp³-hybridized carbons (Fsp3) is 0.263. The molecule has 0 atom stereocenters. The van der Waals surface area contributed by atoms with Gasteiger partial charge in [-0.2, -0.15) is 0 Å². The van der Waals surface area contributed by atoms with Gasteiger partial charge < -0.3 is 20.1 Å². The highest BCUT2D eigenvalue weighted by atomic mass is 79.9. The molecule has 138 valence electrons. The molecule has 0 heterocycles. The highest BCUT2D eigenvalue weighted by Gasteiger charge is 2.16. The number of amides is 2. The molecule has 2 aromatic carbocycles. The van der Waals surface area contributed by atoms with Crippen molar-refractivity contribution in [1.29, 1.82) is 0 Å². The molecule has 0 spiro atoms. The Bertz CT molecular complexity index is 808. The van der Waals surface area contributed by atoms with Crippen LogP contribution in [0.25, 0.3) is 0 Å². The highest BCUT2D eigenvalue weighted by molar-refractivity contribution is 9.10. The van der Waals surface area contributed by atoms with Crippen LogP contribution >= 0.6 is 15.9 Å². The second-order valence-electron chi connectivity index (χ2n) is 5.40. The molecule has 0 aliphatic carbocycles. The molecule has 0 unspecified atom stereocenters. The van der Waals surface area contributed by atoms with E-state index in [4.69, 9.17) is 9.47 Å². The molecule has 2 N–H and O–H groups in total. The molecule has 6 nitrogen and oxygen atoms in total. The average Bonchev–Trinajstić information content (AvgIpc) is 2.60. The zero-order valence-corrected chi connectivity index (χ0v) is 16.5. The lowest BCUT2D eigenvalue weighted by Gasteiger charge is -2.13. The van der Waals surface area contributed by atoms with Gasteiger partial charge in [-0.05, 0) is 56.7 Å². The average molecular weight is 421 g/mol. The van der Waals surface area contributed by atoms with Crippen LogP contribution in [-0.2, 0) is 9.59 Å². The lowest BCUT2D eigenvalue weighted by molar-refractivity contribution is -0.133. The standard InChI is InChI=1S/C19H21BrN2O4/c1-4-25-16-9-7-14(11-17(16)26-5-2)22-19(24)18(23)21-13-6-8-15(20)12(3)10-13/h6-11H,4-5H2,1-3H3,(H,21,23)(H,22,24). The lowest BCUT2D eigenvalue weighted by Crippen LogP contribution is -2.29. The number of hydrogen-bond acceptors (Lipinski definition) is 4. The number of carbonyl (C=O) groups excluding carboxylic acids is 2. The van der Waals surface area contributed by atoms with Gasteiger partial charge in [0.15, 0.2) is 11.5 Å². The maximum atomic E-state index is 12.1. The first kappa shape index (κ1) is 19.8. The zero-order valence-electron chi connectivity index (χ0n) is 14.9. The molecule has 2 aromatic rings. The summed E-state index contributed by atoms with van der Waals surface area (Å²) in [5.41, 5.74) is 1.95. The fourth-order valence-corrected chi connectivity index (χ4v) is 2.47. The predicted octanol–water partition coefficient (Wildman–Crippen LogP) is 4.13. The summed E-state index contributed by atoms with van der Waals surface area (Å²) in [6, 6.07) is 10.3. The van der Waals surface area contributed by atoms with Gasteiger partial charge in [-0.15, -0.1) is 0 Å². The summed E-state index contributed by atoms with van der Waals surface area (Å²) < 4.78 is 11.9. The van der Waals surface area contributed by atoms with E-state index in [1.54, 1.807) is 30.3 Å². The fourth-order valence-electron chi connectivity index (χ4n) is 2.23. The van der Waals surface area contributed by atoms with Crippen LogP contribution in [0.5, 0.6) is 11.5 Å². The Morgan fingerprint density at radius 3 is 2.00 bits per heavy atom. The van der Waals surface area contributed by atoms with Crippen LogP contribution in [0.1, 0.15) is 19.4 Å². The lowest BCUT2D eigenvalue weighted by atomic mass is 10.2. The molecule has 0 aromatic heterocycles. The van der Waals surface area contributed by atoms with E-state index in [-0.39, 0.29) is 0 Å². The van der Waals surface area contributed by atoms with E-state index in [2.05, 4.69) is 26.6 Å². The minimum absolute atomic E-state index is 0.448. The molecule has 0 radical (unpaired) electrons. The molecule has 0 bridgehead atoms. The van der Waals surface area contributed by atoms with E-state index in [9.17, 15) is 9.59 Å². The molecule has 0 saturated carbocycles. The van der Waals surface area contributed by atoms with Gasteiger partial charge in [0.05, 0.1) is 13.2 Å². The third-order valence-electron chi connectivity index (χ3n) is 3.42. The topological polar surface area (TPSA) is 76.7 Å². The summed E-state index contributed by atoms with van der Waals surface area (Å²) in [6.45, 7) is 6.59. The molecular weight excluding hydrogens is 400 g/mol. The smallest absolute Gasteiger partial charge is 0.314 e. The van der Waals surface area contributed by atoms with Crippen LogP contribution in [0.4, 0.5) is 11.4 Å². The number of aryl methyl sites for hydroxylation is 1. The number of rotatable bonds is 6. The quantitative estimate of drug-likeness (QED) is 0.688. The van der Waals surface area contributed by atoms with Crippen LogP contribution in [-0.4, -0.2) is 25.0 Å². The monoisotopic (exact) mass is 420 g/mol. The van der Waals surface area contributed by atoms with Crippen LogP contribution < -0.4 is 20.1 Å². The number of halogens is 1. The van der Waals surface area contributed by atoms with Crippen molar-refractivity contribution >= 4 is 39.1 Å². The summed E-state index contributed by atoms with van der Waals surface area (Å²) in [5, 5.41) is 5.13. The number of carbonyl (C=O) groups is 2. The number of benzene rings is 2. The number of anilines is 2. The van der Waals surface area contributed by atoms with Crippen molar-refractivity contribution in [3.63, 3.8) is 0 Å². The minimum atomic E-state index is -0.766. The largest absolute Gasteiger partial charge is 0.490 e. The van der Waals surface area contributed by atoms with E-state index < -0.39 is 11.8 Å². The minimum Gasteiger partial charge on any atom is -0.490 e. The van der Waals surface area contributed by atoms with E-state index in [0.29, 0.717) is 36.1 Å². The van der Waals surface area contributed by atoms with Crippen molar-refractivity contribution < 1.29 is 19.1 Å². The van der Waals surface area contributed by atoms with Gasteiger partial charge in [-0.3, -0.25) is 9.59 Å². The molecule has 0 fully saturated rings. The molecule has 26 heavy (non-hydrogen) atoms. The molecule has 0 saturated heterocycles. The van der Waals surface area contributed by atoms with Crippen LogP contribution in [0.2, 0.25) is 0 Å². The van der Waals surface area contributed by atoms with Gasteiger partial charge in [0.1, 0.15) is 0 Å². The Morgan fingerprint density at radius 2 is 1.42 bits per heavy atom. The van der Waals surface area contributed by atoms with Crippen molar-refractivity contribution in [2.75, 3.05) is 23.8 Å². The van der Waals surface area contributed by atoms with Gasteiger partial charge in [0.2, 0.25) is 0 Å². The van der Waals surface area contributed by atoms with E-state index in [1.165, 1.54) is 0 Å². The summed E-state index contributed by atoms with van der Waals surface area (Å²) in [5.74, 6) is -0.422. The molecule has 0 aliphatic rings. The summed E-state index contributed by atoms with van der Waals surface area (Å²) in [4.78, 5) is 24.2. The Balaban J connectivity index is 2.06. The number of nitrogens with one attached hydrogen (secondary N) is 2. The van der Waals surface area contributed by atoms with Gasteiger partial charge in [0.25, 0.3) is 0 Å². The molecular formula is C19H21BrN2O4. The van der Waals surface area contributed by atoms with Crippen LogP contribution in [0, 0.1) is 6.92 Å². The van der Waals surface area contributed by atoms with E-state index in [1.807, 2.05) is 26.8 Å². The third-order valence-corrected chi connectivity index (χ3v) is 4.31. The first-order valence-electron chi connectivity index (χ1n) is 8.22.